The van der Waals surface area contributed by atoms with E-state index in [2.05, 4.69) is 40.1 Å². The van der Waals surface area contributed by atoms with Crippen molar-refractivity contribution in [2.24, 2.45) is 0 Å². The number of aryl methyl sites for hydroxylation is 1. The zero-order valence-electron chi connectivity index (χ0n) is 15.1. The molecule has 1 aliphatic rings. The number of allylic oxidation sites excluding steroid dienone is 1. The summed E-state index contributed by atoms with van der Waals surface area (Å²) in [5.74, 6) is -0.121. The molecule has 136 valence electrons. The van der Waals surface area contributed by atoms with E-state index in [-0.39, 0.29) is 18.4 Å². The fraction of sp³-hybridized carbons (Fsp3) is 0.474. The third-order valence-electron chi connectivity index (χ3n) is 4.35. The summed E-state index contributed by atoms with van der Waals surface area (Å²) in [4.78, 5) is 25.1. The second-order valence-corrected chi connectivity index (χ2v) is 6.11. The van der Waals surface area contributed by atoms with E-state index in [1.54, 1.807) is 0 Å². The number of nitrogens with one attached hydrogen (secondary N) is 2. The summed E-state index contributed by atoms with van der Waals surface area (Å²) in [6, 6.07) is 6.33. The molecule has 1 aromatic rings. The van der Waals surface area contributed by atoms with E-state index in [0.717, 1.165) is 36.3 Å². The van der Waals surface area contributed by atoms with Gasteiger partial charge in [-0.2, -0.15) is 0 Å². The zero-order valence-corrected chi connectivity index (χ0v) is 15.1. The van der Waals surface area contributed by atoms with Crippen LogP contribution < -0.4 is 10.6 Å². The molecule has 1 heterocycles. The standard InChI is InChI=1S/C19H27N3O3/c1-4-22-13-16-11-15(6-5-14(2)21-12-19(24)25-3)7-8-17(16)20-10-9-18(22)23/h7-8,11,20-21H,2,4-6,9-10,12-13H2,1,3H3. The molecule has 0 fully saturated rings. The molecule has 0 unspecified atom stereocenters. The molecule has 0 bridgehead atoms. The molecule has 2 rings (SSSR count). The van der Waals surface area contributed by atoms with Gasteiger partial charge in [-0.3, -0.25) is 9.59 Å². The first kappa shape index (κ1) is 18.8. The molecule has 2 N–H and O–H groups in total. The topological polar surface area (TPSA) is 70.7 Å². The smallest absolute Gasteiger partial charge is 0.325 e. The number of fused-ring (bicyclic) bond motifs is 1. The van der Waals surface area contributed by atoms with Gasteiger partial charge in [-0.25, -0.2) is 0 Å². The van der Waals surface area contributed by atoms with Gasteiger partial charge in [0.05, 0.1) is 7.11 Å². The van der Waals surface area contributed by atoms with E-state index in [0.29, 0.717) is 19.5 Å². The maximum atomic E-state index is 12.1. The number of esters is 1. The Labute approximate surface area is 149 Å². The predicted octanol–water partition coefficient (Wildman–Crippen LogP) is 2.06. The minimum absolute atomic E-state index is 0.136. The molecule has 0 radical (unpaired) electrons. The largest absolute Gasteiger partial charge is 0.468 e. The van der Waals surface area contributed by atoms with Crippen LogP contribution in [0.25, 0.3) is 0 Å². The molecule has 0 aromatic heterocycles. The van der Waals surface area contributed by atoms with Crippen LogP contribution in [0, 0.1) is 0 Å². The van der Waals surface area contributed by atoms with Gasteiger partial charge < -0.3 is 20.3 Å². The lowest BCUT2D eigenvalue weighted by molar-refractivity contribution is -0.139. The van der Waals surface area contributed by atoms with Crippen LogP contribution in [0.2, 0.25) is 0 Å². The summed E-state index contributed by atoms with van der Waals surface area (Å²) in [5, 5.41) is 6.31. The Morgan fingerprint density at radius 3 is 2.96 bits per heavy atom. The predicted molar refractivity (Wildman–Crippen MR) is 98.1 cm³/mol. The summed E-state index contributed by atoms with van der Waals surface area (Å²) >= 11 is 0. The lowest BCUT2D eigenvalue weighted by atomic mass is 10.0. The summed E-state index contributed by atoms with van der Waals surface area (Å²) in [6.07, 6.45) is 2.08. The van der Waals surface area contributed by atoms with Gasteiger partial charge in [0.1, 0.15) is 6.54 Å². The number of anilines is 1. The number of methoxy groups -OCH3 is 1. The minimum Gasteiger partial charge on any atom is -0.468 e. The van der Waals surface area contributed by atoms with Crippen LogP contribution in [-0.4, -0.2) is 43.5 Å². The molecule has 6 heteroatoms. The second kappa shape index (κ2) is 9.11. The van der Waals surface area contributed by atoms with Crippen molar-refractivity contribution in [3.05, 3.63) is 41.6 Å². The van der Waals surface area contributed by atoms with E-state index in [1.807, 2.05) is 11.8 Å². The number of rotatable bonds is 7. The Kier molecular flexibility index (Phi) is 6.86. The number of carbonyl (C=O) groups is 2. The Balaban J connectivity index is 1.98. The molecule has 0 spiro atoms. The summed E-state index contributed by atoms with van der Waals surface area (Å²) in [5.41, 5.74) is 4.23. The van der Waals surface area contributed by atoms with Gasteiger partial charge in [0.2, 0.25) is 5.91 Å². The molecular formula is C19H27N3O3. The molecule has 0 saturated heterocycles. The van der Waals surface area contributed by atoms with Gasteiger partial charge in [-0.05, 0) is 37.0 Å². The van der Waals surface area contributed by atoms with Crippen molar-refractivity contribution in [3.63, 3.8) is 0 Å². The highest BCUT2D eigenvalue weighted by Crippen LogP contribution is 2.23. The first-order chi connectivity index (χ1) is 12.0. The molecule has 1 aromatic carbocycles. The summed E-state index contributed by atoms with van der Waals surface area (Å²) < 4.78 is 4.60. The van der Waals surface area contributed by atoms with Crippen LogP contribution in [-0.2, 0) is 27.3 Å². The highest BCUT2D eigenvalue weighted by molar-refractivity contribution is 5.77. The Hall–Kier alpha value is -2.50. The summed E-state index contributed by atoms with van der Waals surface area (Å²) in [7, 11) is 1.36. The highest BCUT2D eigenvalue weighted by atomic mass is 16.5. The van der Waals surface area contributed by atoms with Crippen LogP contribution in [0.5, 0.6) is 0 Å². The number of benzene rings is 1. The number of carbonyl (C=O) groups excluding carboxylic acids is 2. The van der Waals surface area contributed by atoms with Gasteiger partial charge in [0.25, 0.3) is 0 Å². The van der Waals surface area contributed by atoms with E-state index in [1.165, 1.54) is 12.7 Å². The average molecular weight is 345 g/mol. The molecular weight excluding hydrogens is 318 g/mol. The van der Waals surface area contributed by atoms with Crippen molar-refractivity contribution in [1.82, 2.24) is 10.2 Å². The van der Waals surface area contributed by atoms with Crippen molar-refractivity contribution in [3.8, 4) is 0 Å². The molecule has 1 aliphatic heterocycles. The SMILES string of the molecule is C=C(CCc1ccc2c(c1)CN(CC)C(=O)CCN2)NCC(=O)OC. The van der Waals surface area contributed by atoms with E-state index < -0.39 is 0 Å². The minimum atomic E-state index is -0.308. The summed E-state index contributed by atoms with van der Waals surface area (Å²) in [6.45, 7) is 8.10. The van der Waals surface area contributed by atoms with E-state index in [4.69, 9.17) is 0 Å². The highest BCUT2D eigenvalue weighted by Gasteiger charge is 2.17. The zero-order chi connectivity index (χ0) is 18.2. The van der Waals surface area contributed by atoms with E-state index >= 15 is 0 Å². The monoisotopic (exact) mass is 345 g/mol. The normalized spacial score (nSPS) is 14.0. The number of amides is 1. The molecule has 6 nitrogen and oxygen atoms in total. The maximum Gasteiger partial charge on any atom is 0.325 e. The molecule has 0 saturated carbocycles. The van der Waals surface area contributed by atoms with Crippen LogP contribution in [0.1, 0.15) is 30.9 Å². The van der Waals surface area contributed by atoms with Crippen LogP contribution in [0.15, 0.2) is 30.5 Å². The average Bonchev–Trinajstić information content (AvgIpc) is 2.61. The maximum absolute atomic E-state index is 12.1. The van der Waals surface area contributed by atoms with Gasteiger partial charge in [-0.15, -0.1) is 0 Å². The van der Waals surface area contributed by atoms with Crippen molar-refractivity contribution < 1.29 is 14.3 Å². The first-order valence-electron chi connectivity index (χ1n) is 8.65. The Morgan fingerprint density at radius 2 is 2.24 bits per heavy atom. The van der Waals surface area contributed by atoms with Crippen molar-refractivity contribution in [2.45, 2.75) is 32.7 Å². The van der Waals surface area contributed by atoms with Crippen LogP contribution in [0.3, 0.4) is 0 Å². The van der Waals surface area contributed by atoms with Crippen molar-refractivity contribution >= 4 is 17.6 Å². The Bertz CT molecular complexity index is 643. The second-order valence-electron chi connectivity index (χ2n) is 6.11. The Morgan fingerprint density at radius 1 is 1.44 bits per heavy atom. The van der Waals surface area contributed by atoms with Gasteiger partial charge in [0.15, 0.2) is 0 Å². The molecule has 25 heavy (non-hydrogen) atoms. The van der Waals surface area contributed by atoms with Crippen molar-refractivity contribution in [1.29, 1.82) is 0 Å². The molecule has 0 atom stereocenters. The third-order valence-corrected chi connectivity index (χ3v) is 4.35. The van der Waals surface area contributed by atoms with Crippen molar-refractivity contribution in [2.75, 3.05) is 32.1 Å². The van der Waals surface area contributed by atoms with Gasteiger partial charge in [0, 0.05) is 37.4 Å². The molecule has 0 aliphatic carbocycles. The quantitative estimate of drug-likeness (QED) is 0.740. The lowest BCUT2D eigenvalue weighted by Crippen LogP contribution is -2.33. The van der Waals surface area contributed by atoms with E-state index in [9.17, 15) is 9.59 Å². The van der Waals surface area contributed by atoms with Crippen LogP contribution in [0.4, 0.5) is 5.69 Å². The third kappa shape index (κ3) is 5.52. The number of nitrogens with zero attached hydrogens (tertiary/aromatic N) is 1. The number of hydrogen-bond donors (Lipinski definition) is 2. The molecule has 1 amide bonds. The fourth-order valence-corrected chi connectivity index (χ4v) is 2.80. The number of ether oxygens (including phenoxy) is 1. The first-order valence-corrected chi connectivity index (χ1v) is 8.65. The van der Waals surface area contributed by atoms with Crippen LogP contribution >= 0.6 is 0 Å². The van der Waals surface area contributed by atoms with Gasteiger partial charge in [-0.1, -0.05) is 18.7 Å². The van der Waals surface area contributed by atoms with Gasteiger partial charge >= 0.3 is 5.97 Å². The fourth-order valence-electron chi connectivity index (χ4n) is 2.80. The lowest BCUT2D eigenvalue weighted by Gasteiger charge is -2.26. The number of hydrogen-bond acceptors (Lipinski definition) is 5.